The lowest BCUT2D eigenvalue weighted by molar-refractivity contribution is 0.415. The van der Waals surface area contributed by atoms with Gasteiger partial charge >= 0.3 is 0 Å². The fourth-order valence-electron chi connectivity index (χ4n) is 3.11. The molecule has 0 bridgehead atoms. The van der Waals surface area contributed by atoms with Crippen molar-refractivity contribution in [3.63, 3.8) is 0 Å². The van der Waals surface area contributed by atoms with E-state index in [-0.39, 0.29) is 0 Å². The molecular weight excluding hydrogens is 310 g/mol. The number of aromatic nitrogens is 3. The van der Waals surface area contributed by atoms with Crippen LogP contribution in [0.5, 0.6) is 5.75 Å². The van der Waals surface area contributed by atoms with Gasteiger partial charge in [0.15, 0.2) is 5.65 Å². The van der Waals surface area contributed by atoms with Gasteiger partial charge in [0.25, 0.3) is 0 Å². The molecule has 124 valence electrons. The van der Waals surface area contributed by atoms with E-state index in [9.17, 15) is 0 Å². The molecule has 0 fully saturated rings. The molecule has 0 radical (unpaired) electrons. The lowest BCUT2D eigenvalue weighted by atomic mass is 10.0. The first-order chi connectivity index (χ1) is 12.2. The fraction of sp³-hybridized carbons (Fsp3) is 0.143. The summed E-state index contributed by atoms with van der Waals surface area (Å²) < 4.78 is 7.27. The van der Waals surface area contributed by atoms with Crippen LogP contribution in [0.15, 0.2) is 60.8 Å². The van der Waals surface area contributed by atoms with E-state index in [1.807, 2.05) is 41.9 Å². The SMILES string of the molecule is COc1cccc(-c2ccnc3c(-c4ccc(C)cc4)c(C)nn23)c1. The molecule has 0 unspecified atom stereocenters. The summed E-state index contributed by atoms with van der Waals surface area (Å²) in [6, 6.07) is 18.4. The molecule has 2 heterocycles. The number of methoxy groups -OCH3 is 1. The lowest BCUT2D eigenvalue weighted by Gasteiger charge is -2.07. The van der Waals surface area contributed by atoms with Crippen molar-refractivity contribution in [2.24, 2.45) is 0 Å². The van der Waals surface area contributed by atoms with Crippen LogP contribution in [0.25, 0.3) is 28.0 Å². The number of nitrogens with zero attached hydrogens (tertiary/aromatic N) is 3. The quantitative estimate of drug-likeness (QED) is 0.547. The predicted octanol–water partition coefficient (Wildman–Crippen LogP) is 4.69. The van der Waals surface area contributed by atoms with E-state index < -0.39 is 0 Å². The first-order valence-corrected chi connectivity index (χ1v) is 8.23. The van der Waals surface area contributed by atoms with Gasteiger partial charge in [-0.1, -0.05) is 42.0 Å². The van der Waals surface area contributed by atoms with Gasteiger partial charge < -0.3 is 4.74 Å². The van der Waals surface area contributed by atoms with Gasteiger partial charge in [0, 0.05) is 17.3 Å². The highest BCUT2D eigenvalue weighted by atomic mass is 16.5. The highest BCUT2D eigenvalue weighted by Crippen LogP contribution is 2.31. The Morgan fingerprint density at radius 3 is 2.48 bits per heavy atom. The molecule has 4 rings (SSSR count). The second-order valence-electron chi connectivity index (χ2n) is 6.12. The van der Waals surface area contributed by atoms with Crippen LogP contribution in [0.4, 0.5) is 0 Å². The molecule has 2 aromatic carbocycles. The monoisotopic (exact) mass is 329 g/mol. The third-order valence-corrected chi connectivity index (χ3v) is 4.40. The summed E-state index contributed by atoms with van der Waals surface area (Å²) in [5.74, 6) is 0.824. The zero-order valence-corrected chi connectivity index (χ0v) is 14.5. The van der Waals surface area contributed by atoms with E-state index in [4.69, 9.17) is 9.84 Å². The maximum Gasteiger partial charge on any atom is 0.163 e. The number of hydrogen-bond acceptors (Lipinski definition) is 3. The molecule has 0 saturated heterocycles. The minimum absolute atomic E-state index is 0.824. The van der Waals surface area contributed by atoms with Crippen molar-refractivity contribution in [3.8, 4) is 28.1 Å². The average molecular weight is 329 g/mol. The minimum Gasteiger partial charge on any atom is -0.497 e. The van der Waals surface area contributed by atoms with Crippen LogP contribution in [0, 0.1) is 13.8 Å². The third-order valence-electron chi connectivity index (χ3n) is 4.40. The van der Waals surface area contributed by atoms with Crippen LogP contribution in [0.3, 0.4) is 0 Å². The molecule has 25 heavy (non-hydrogen) atoms. The van der Waals surface area contributed by atoms with Crippen molar-refractivity contribution < 1.29 is 4.74 Å². The van der Waals surface area contributed by atoms with Gasteiger partial charge in [-0.2, -0.15) is 5.10 Å². The van der Waals surface area contributed by atoms with Crippen molar-refractivity contribution in [1.29, 1.82) is 0 Å². The Morgan fingerprint density at radius 1 is 0.920 bits per heavy atom. The molecule has 4 aromatic rings. The summed E-state index contributed by atoms with van der Waals surface area (Å²) in [6.45, 7) is 4.12. The smallest absolute Gasteiger partial charge is 0.163 e. The molecule has 0 spiro atoms. The molecule has 4 nitrogen and oxygen atoms in total. The number of fused-ring (bicyclic) bond motifs is 1. The zero-order valence-electron chi connectivity index (χ0n) is 14.5. The summed E-state index contributed by atoms with van der Waals surface area (Å²) in [6.07, 6.45) is 1.84. The van der Waals surface area contributed by atoms with Crippen molar-refractivity contribution in [1.82, 2.24) is 14.6 Å². The van der Waals surface area contributed by atoms with Crippen molar-refractivity contribution in [3.05, 3.63) is 72.1 Å². The van der Waals surface area contributed by atoms with Crippen LogP contribution < -0.4 is 4.74 Å². The van der Waals surface area contributed by atoms with Gasteiger partial charge in [0.2, 0.25) is 0 Å². The molecule has 2 aromatic heterocycles. The van der Waals surface area contributed by atoms with Crippen molar-refractivity contribution >= 4 is 5.65 Å². The minimum atomic E-state index is 0.824. The van der Waals surface area contributed by atoms with Gasteiger partial charge in [-0.15, -0.1) is 0 Å². The molecule has 0 aliphatic rings. The van der Waals surface area contributed by atoms with E-state index in [0.29, 0.717) is 0 Å². The number of ether oxygens (including phenoxy) is 1. The Balaban J connectivity index is 1.94. The standard InChI is InChI=1S/C21H19N3O/c1-14-7-9-16(10-8-14)20-15(2)23-24-19(11-12-22-21(20)24)17-5-4-6-18(13-17)25-3/h4-13H,1-3H3. The molecule has 4 heteroatoms. The average Bonchev–Trinajstić information content (AvgIpc) is 2.98. The third kappa shape index (κ3) is 2.66. The Bertz CT molecular complexity index is 1050. The number of aryl methyl sites for hydroxylation is 2. The largest absolute Gasteiger partial charge is 0.497 e. The number of hydrogen-bond donors (Lipinski definition) is 0. The fourth-order valence-corrected chi connectivity index (χ4v) is 3.11. The number of rotatable bonds is 3. The first-order valence-electron chi connectivity index (χ1n) is 8.23. The molecule has 0 atom stereocenters. The molecular formula is C21H19N3O. The second-order valence-corrected chi connectivity index (χ2v) is 6.12. The van der Waals surface area contributed by atoms with Gasteiger partial charge in [-0.05, 0) is 37.6 Å². The normalized spacial score (nSPS) is 11.0. The predicted molar refractivity (Wildman–Crippen MR) is 99.9 cm³/mol. The van der Waals surface area contributed by atoms with E-state index in [1.165, 1.54) is 5.56 Å². The van der Waals surface area contributed by atoms with Gasteiger partial charge in [-0.3, -0.25) is 0 Å². The van der Waals surface area contributed by atoms with E-state index in [2.05, 4.69) is 42.2 Å². The highest BCUT2D eigenvalue weighted by Gasteiger charge is 2.15. The maximum atomic E-state index is 5.35. The van der Waals surface area contributed by atoms with Crippen LogP contribution >= 0.6 is 0 Å². The van der Waals surface area contributed by atoms with Crippen LogP contribution in [0.1, 0.15) is 11.3 Å². The van der Waals surface area contributed by atoms with Gasteiger partial charge in [0.05, 0.1) is 18.5 Å². The van der Waals surface area contributed by atoms with E-state index in [0.717, 1.165) is 39.5 Å². The summed E-state index contributed by atoms with van der Waals surface area (Å²) in [5.41, 5.74) is 7.31. The summed E-state index contributed by atoms with van der Waals surface area (Å²) in [5, 5.41) is 4.76. The van der Waals surface area contributed by atoms with Crippen molar-refractivity contribution in [2.45, 2.75) is 13.8 Å². The van der Waals surface area contributed by atoms with Gasteiger partial charge in [-0.25, -0.2) is 9.50 Å². The molecule has 0 N–H and O–H groups in total. The maximum absolute atomic E-state index is 5.35. The molecule has 0 aliphatic carbocycles. The number of benzene rings is 2. The Hall–Kier alpha value is -3.14. The summed E-state index contributed by atoms with van der Waals surface area (Å²) in [4.78, 5) is 4.60. The van der Waals surface area contributed by atoms with Crippen LogP contribution in [0.2, 0.25) is 0 Å². The lowest BCUT2D eigenvalue weighted by Crippen LogP contribution is -1.96. The van der Waals surface area contributed by atoms with Gasteiger partial charge in [0.1, 0.15) is 5.75 Å². The molecule has 0 aliphatic heterocycles. The van der Waals surface area contributed by atoms with E-state index >= 15 is 0 Å². The van der Waals surface area contributed by atoms with Crippen LogP contribution in [-0.4, -0.2) is 21.7 Å². The Morgan fingerprint density at radius 2 is 1.72 bits per heavy atom. The molecule has 0 saturated carbocycles. The first kappa shape index (κ1) is 15.4. The summed E-state index contributed by atoms with van der Waals surface area (Å²) >= 11 is 0. The Kier molecular flexibility index (Phi) is 3.73. The zero-order chi connectivity index (χ0) is 17.4. The van der Waals surface area contributed by atoms with Crippen molar-refractivity contribution in [2.75, 3.05) is 7.11 Å². The topological polar surface area (TPSA) is 39.4 Å². The second kappa shape index (κ2) is 6.06. The van der Waals surface area contributed by atoms with E-state index in [1.54, 1.807) is 7.11 Å². The summed E-state index contributed by atoms with van der Waals surface area (Å²) in [7, 11) is 1.68. The Labute approximate surface area is 146 Å². The molecule has 0 amide bonds. The highest BCUT2D eigenvalue weighted by molar-refractivity contribution is 5.81. The van der Waals surface area contributed by atoms with Crippen LogP contribution in [-0.2, 0) is 0 Å².